The van der Waals surface area contributed by atoms with Crippen LogP contribution in [0.25, 0.3) is 0 Å². The Morgan fingerprint density at radius 3 is 2.59 bits per heavy atom. The first-order valence-corrected chi connectivity index (χ1v) is 5.71. The molecule has 0 amide bonds. The van der Waals surface area contributed by atoms with Gasteiger partial charge in [0, 0.05) is 23.2 Å². The van der Waals surface area contributed by atoms with Crippen LogP contribution < -0.4 is 9.47 Å². The van der Waals surface area contributed by atoms with Crippen LogP contribution in [0.2, 0.25) is 5.02 Å². The molecule has 0 heterocycles. The lowest BCUT2D eigenvalue weighted by atomic mass is 10.2. The van der Waals surface area contributed by atoms with Gasteiger partial charge in [0.2, 0.25) is 0 Å². The van der Waals surface area contributed by atoms with Gasteiger partial charge in [0.05, 0.1) is 13.7 Å². The Labute approximate surface area is 107 Å². The zero-order valence-electron chi connectivity index (χ0n) is 10.4. The van der Waals surface area contributed by atoms with Gasteiger partial charge in [-0.3, -0.25) is 0 Å². The van der Waals surface area contributed by atoms with Crippen molar-refractivity contribution < 1.29 is 14.6 Å². The van der Waals surface area contributed by atoms with Crippen molar-refractivity contribution in [3.63, 3.8) is 0 Å². The fourth-order valence-corrected chi connectivity index (χ4v) is 1.62. The summed E-state index contributed by atoms with van der Waals surface area (Å²) in [5.41, 5.74) is 0.633. The normalized spacial score (nSPS) is 10.7. The van der Waals surface area contributed by atoms with Crippen molar-refractivity contribution in [1.82, 2.24) is 4.90 Å². The summed E-state index contributed by atoms with van der Waals surface area (Å²) in [6.07, 6.45) is 0. The van der Waals surface area contributed by atoms with Gasteiger partial charge in [0.25, 0.3) is 0 Å². The van der Waals surface area contributed by atoms with E-state index in [1.165, 1.54) is 0 Å². The van der Waals surface area contributed by atoms with Crippen molar-refractivity contribution in [2.24, 2.45) is 0 Å². The molecule has 0 aliphatic carbocycles. The van der Waals surface area contributed by atoms with E-state index in [9.17, 15) is 5.11 Å². The van der Waals surface area contributed by atoms with Crippen LogP contribution in [0, 0.1) is 0 Å². The van der Waals surface area contributed by atoms with E-state index < -0.39 is 0 Å². The molecule has 1 aromatic carbocycles. The standard InChI is InChI=1S/C12H18ClNO3/c1-14(2)4-5-17-12-9(8-15)6-10(13)7-11(12)16-3/h6-7,15H,4-5,8H2,1-3H3. The number of hydrogen-bond acceptors (Lipinski definition) is 4. The molecule has 4 nitrogen and oxygen atoms in total. The van der Waals surface area contributed by atoms with E-state index in [0.29, 0.717) is 28.7 Å². The lowest BCUT2D eigenvalue weighted by Crippen LogP contribution is -2.20. The van der Waals surface area contributed by atoms with Gasteiger partial charge in [-0.2, -0.15) is 0 Å². The molecule has 96 valence electrons. The molecule has 0 aliphatic rings. The van der Waals surface area contributed by atoms with E-state index in [4.69, 9.17) is 21.1 Å². The molecule has 1 aromatic rings. The molecule has 0 bridgehead atoms. The highest BCUT2D eigenvalue weighted by atomic mass is 35.5. The maximum Gasteiger partial charge on any atom is 0.166 e. The van der Waals surface area contributed by atoms with E-state index >= 15 is 0 Å². The third kappa shape index (κ3) is 4.07. The number of benzene rings is 1. The van der Waals surface area contributed by atoms with Crippen molar-refractivity contribution in [3.05, 3.63) is 22.7 Å². The number of methoxy groups -OCH3 is 1. The Morgan fingerprint density at radius 2 is 2.06 bits per heavy atom. The minimum atomic E-state index is -0.131. The lowest BCUT2D eigenvalue weighted by molar-refractivity contribution is 0.234. The zero-order chi connectivity index (χ0) is 12.8. The molecule has 0 atom stereocenters. The maximum absolute atomic E-state index is 9.27. The van der Waals surface area contributed by atoms with Crippen molar-refractivity contribution >= 4 is 11.6 Å². The van der Waals surface area contributed by atoms with Crippen LogP contribution in [0.15, 0.2) is 12.1 Å². The molecule has 0 aliphatic heterocycles. The fraction of sp³-hybridized carbons (Fsp3) is 0.500. The van der Waals surface area contributed by atoms with E-state index in [-0.39, 0.29) is 6.61 Å². The Hall–Kier alpha value is -0.970. The summed E-state index contributed by atoms with van der Waals surface area (Å²) < 4.78 is 10.8. The number of nitrogens with zero attached hydrogens (tertiary/aromatic N) is 1. The van der Waals surface area contributed by atoms with Gasteiger partial charge in [-0.1, -0.05) is 11.6 Å². The summed E-state index contributed by atoms with van der Waals surface area (Å²) >= 11 is 5.91. The molecule has 0 fully saturated rings. The Morgan fingerprint density at radius 1 is 1.35 bits per heavy atom. The SMILES string of the molecule is COc1cc(Cl)cc(CO)c1OCCN(C)C. The minimum absolute atomic E-state index is 0.131. The highest BCUT2D eigenvalue weighted by Crippen LogP contribution is 2.34. The molecule has 0 radical (unpaired) electrons. The first-order valence-electron chi connectivity index (χ1n) is 5.33. The summed E-state index contributed by atoms with van der Waals surface area (Å²) in [4.78, 5) is 2.01. The van der Waals surface area contributed by atoms with Gasteiger partial charge < -0.3 is 19.5 Å². The summed E-state index contributed by atoms with van der Waals surface area (Å²) in [7, 11) is 5.48. The van der Waals surface area contributed by atoms with Gasteiger partial charge >= 0.3 is 0 Å². The van der Waals surface area contributed by atoms with E-state index in [1.54, 1.807) is 19.2 Å². The third-order valence-electron chi connectivity index (χ3n) is 2.27. The van der Waals surface area contributed by atoms with Crippen LogP contribution in [0.4, 0.5) is 0 Å². The second-order valence-electron chi connectivity index (χ2n) is 3.91. The van der Waals surface area contributed by atoms with Crippen LogP contribution >= 0.6 is 11.6 Å². The molecule has 0 saturated carbocycles. The molecular formula is C12H18ClNO3. The van der Waals surface area contributed by atoms with Gasteiger partial charge in [-0.25, -0.2) is 0 Å². The van der Waals surface area contributed by atoms with Crippen LogP contribution in [0.1, 0.15) is 5.56 Å². The highest BCUT2D eigenvalue weighted by Gasteiger charge is 2.12. The Bertz CT molecular complexity index is 344. The molecule has 0 saturated heterocycles. The second-order valence-corrected chi connectivity index (χ2v) is 4.34. The summed E-state index contributed by atoms with van der Waals surface area (Å²) in [6, 6.07) is 3.35. The van der Waals surface area contributed by atoms with Crippen molar-refractivity contribution in [3.8, 4) is 11.5 Å². The van der Waals surface area contributed by atoms with Crippen LogP contribution in [-0.2, 0) is 6.61 Å². The summed E-state index contributed by atoms with van der Waals surface area (Å²) in [5.74, 6) is 1.10. The number of aliphatic hydroxyl groups is 1. The molecule has 5 heteroatoms. The Kier molecular flexibility index (Phi) is 5.55. The number of rotatable bonds is 6. The zero-order valence-corrected chi connectivity index (χ0v) is 11.1. The molecule has 17 heavy (non-hydrogen) atoms. The van der Waals surface area contributed by atoms with Crippen molar-refractivity contribution in [1.29, 1.82) is 0 Å². The van der Waals surface area contributed by atoms with Crippen molar-refractivity contribution in [2.75, 3.05) is 34.4 Å². The van der Waals surface area contributed by atoms with Crippen molar-refractivity contribution in [2.45, 2.75) is 6.61 Å². The maximum atomic E-state index is 9.27. The number of likely N-dealkylation sites (N-methyl/N-ethyl adjacent to an activating group) is 1. The monoisotopic (exact) mass is 259 g/mol. The average Bonchev–Trinajstić information content (AvgIpc) is 2.29. The minimum Gasteiger partial charge on any atom is -0.493 e. The Balaban J connectivity index is 2.87. The molecule has 1 N–H and O–H groups in total. The summed E-state index contributed by atoms with van der Waals surface area (Å²) in [6.45, 7) is 1.18. The fourth-order valence-electron chi connectivity index (χ4n) is 1.39. The van der Waals surface area contributed by atoms with Gasteiger partial charge in [0.15, 0.2) is 11.5 Å². The second kappa shape index (κ2) is 6.69. The topological polar surface area (TPSA) is 41.9 Å². The van der Waals surface area contributed by atoms with Crippen LogP contribution in [-0.4, -0.2) is 44.4 Å². The lowest BCUT2D eigenvalue weighted by Gasteiger charge is -2.16. The van der Waals surface area contributed by atoms with Gasteiger partial charge in [-0.05, 0) is 20.2 Å². The first-order chi connectivity index (χ1) is 8.08. The predicted octanol–water partition coefficient (Wildman–Crippen LogP) is 1.78. The number of aliphatic hydroxyl groups excluding tert-OH is 1. The third-order valence-corrected chi connectivity index (χ3v) is 2.49. The number of halogens is 1. The molecule has 0 unspecified atom stereocenters. The van der Waals surface area contributed by atoms with Gasteiger partial charge in [-0.15, -0.1) is 0 Å². The highest BCUT2D eigenvalue weighted by molar-refractivity contribution is 6.30. The largest absolute Gasteiger partial charge is 0.493 e. The number of hydrogen-bond donors (Lipinski definition) is 1. The van der Waals surface area contributed by atoms with E-state index in [2.05, 4.69) is 0 Å². The average molecular weight is 260 g/mol. The molecule has 0 spiro atoms. The molecule has 0 aromatic heterocycles. The molecular weight excluding hydrogens is 242 g/mol. The van der Waals surface area contributed by atoms with Gasteiger partial charge in [0.1, 0.15) is 6.61 Å². The van der Waals surface area contributed by atoms with Crippen LogP contribution in [0.5, 0.6) is 11.5 Å². The smallest absolute Gasteiger partial charge is 0.166 e. The summed E-state index contributed by atoms with van der Waals surface area (Å²) in [5, 5.41) is 9.79. The van der Waals surface area contributed by atoms with Crippen LogP contribution in [0.3, 0.4) is 0 Å². The van der Waals surface area contributed by atoms with E-state index in [0.717, 1.165) is 6.54 Å². The van der Waals surface area contributed by atoms with E-state index in [1.807, 2.05) is 19.0 Å². The first kappa shape index (κ1) is 14.1. The quantitative estimate of drug-likeness (QED) is 0.846. The predicted molar refractivity (Wildman–Crippen MR) is 68.0 cm³/mol. The number of ether oxygens (including phenoxy) is 2. The molecule has 1 rings (SSSR count).